The maximum atomic E-state index is 12.3. The second kappa shape index (κ2) is 7.45. The number of nitriles is 1. The van der Waals surface area contributed by atoms with Crippen LogP contribution in [0.4, 0.5) is 0 Å². The Morgan fingerprint density at radius 3 is 3.08 bits per heavy atom. The van der Waals surface area contributed by atoms with Crippen molar-refractivity contribution >= 4 is 11.7 Å². The minimum absolute atomic E-state index is 0.278. The molecule has 7 heteroatoms. The fourth-order valence-corrected chi connectivity index (χ4v) is 2.31. The van der Waals surface area contributed by atoms with Crippen LogP contribution in [0.3, 0.4) is 0 Å². The molecule has 0 aliphatic carbocycles. The number of hydrogen-bond donors (Lipinski definition) is 1. The van der Waals surface area contributed by atoms with Gasteiger partial charge in [0.25, 0.3) is 5.91 Å². The number of hydrogen-bond acceptors (Lipinski definition) is 5. The van der Waals surface area contributed by atoms with Crippen molar-refractivity contribution in [3.63, 3.8) is 0 Å². The number of fused-ring (bicyclic) bond motifs is 1. The van der Waals surface area contributed by atoms with E-state index in [4.69, 9.17) is 10.00 Å². The predicted octanol–water partition coefficient (Wildman–Crippen LogP) is 2.34. The highest BCUT2D eigenvalue weighted by Crippen LogP contribution is 2.16. The average Bonchev–Trinajstić information content (AvgIpc) is 3.09. The van der Waals surface area contributed by atoms with Gasteiger partial charge in [-0.05, 0) is 30.2 Å². The topological polar surface area (TPSA) is 92.3 Å². The standard InChI is InChI=1S/C18H17N5O2/c1-2-14(10-19)25-15-6-3-5-13(9-15)11-21-17(24)16-12-23-8-4-7-20-18(23)22-16/h3-9,12,14H,2,11H2,1H3,(H,21,24)/t14-/m1/s1. The third-order valence-corrected chi connectivity index (χ3v) is 3.61. The molecule has 7 nitrogen and oxygen atoms in total. The molecule has 0 aliphatic heterocycles. The number of aromatic nitrogens is 3. The van der Waals surface area contributed by atoms with Crippen LogP contribution in [0, 0.1) is 11.3 Å². The molecule has 0 saturated carbocycles. The van der Waals surface area contributed by atoms with Gasteiger partial charge in [-0.25, -0.2) is 9.97 Å². The summed E-state index contributed by atoms with van der Waals surface area (Å²) in [4.78, 5) is 20.5. The van der Waals surface area contributed by atoms with Gasteiger partial charge in [-0.2, -0.15) is 5.26 Å². The average molecular weight is 335 g/mol. The van der Waals surface area contributed by atoms with Crippen molar-refractivity contribution in [2.45, 2.75) is 26.0 Å². The molecule has 1 aromatic carbocycles. The molecule has 126 valence electrons. The van der Waals surface area contributed by atoms with Crippen LogP contribution in [0.25, 0.3) is 5.78 Å². The Bertz CT molecular complexity index is 895. The van der Waals surface area contributed by atoms with Gasteiger partial charge in [0.2, 0.25) is 5.78 Å². The van der Waals surface area contributed by atoms with Crippen LogP contribution in [-0.2, 0) is 6.54 Å². The summed E-state index contributed by atoms with van der Waals surface area (Å²) < 4.78 is 7.28. The van der Waals surface area contributed by atoms with Gasteiger partial charge < -0.3 is 10.1 Å². The molecule has 0 saturated heterocycles. The normalized spacial score (nSPS) is 11.7. The smallest absolute Gasteiger partial charge is 0.271 e. The van der Waals surface area contributed by atoms with E-state index in [9.17, 15) is 4.79 Å². The molecule has 0 aliphatic rings. The summed E-state index contributed by atoms with van der Waals surface area (Å²) in [6.45, 7) is 2.22. The number of ether oxygens (including phenoxy) is 1. The van der Waals surface area contributed by atoms with Crippen molar-refractivity contribution in [3.05, 3.63) is 60.2 Å². The first kappa shape index (κ1) is 16.5. The minimum Gasteiger partial charge on any atom is -0.476 e. The number of imidazole rings is 1. The van der Waals surface area contributed by atoms with Crippen molar-refractivity contribution in [2.24, 2.45) is 0 Å². The molecular formula is C18H17N5O2. The van der Waals surface area contributed by atoms with E-state index in [0.717, 1.165) is 5.56 Å². The highest BCUT2D eigenvalue weighted by atomic mass is 16.5. The van der Waals surface area contributed by atoms with E-state index >= 15 is 0 Å². The minimum atomic E-state index is -0.477. The van der Waals surface area contributed by atoms with E-state index in [-0.39, 0.29) is 5.91 Å². The highest BCUT2D eigenvalue weighted by molar-refractivity contribution is 5.92. The molecule has 0 bridgehead atoms. The van der Waals surface area contributed by atoms with Gasteiger partial charge in [0.15, 0.2) is 6.10 Å². The molecule has 0 radical (unpaired) electrons. The zero-order valence-corrected chi connectivity index (χ0v) is 13.7. The monoisotopic (exact) mass is 335 g/mol. The Labute approximate surface area is 144 Å². The lowest BCUT2D eigenvalue weighted by Crippen LogP contribution is -2.23. The van der Waals surface area contributed by atoms with Gasteiger partial charge in [0.05, 0.1) is 0 Å². The number of benzene rings is 1. The van der Waals surface area contributed by atoms with Gasteiger partial charge in [-0.3, -0.25) is 9.20 Å². The van der Waals surface area contributed by atoms with Gasteiger partial charge in [0.1, 0.15) is 17.5 Å². The lowest BCUT2D eigenvalue weighted by molar-refractivity contribution is 0.0946. The molecule has 0 unspecified atom stereocenters. The Balaban J connectivity index is 1.65. The van der Waals surface area contributed by atoms with Crippen LogP contribution < -0.4 is 10.1 Å². The van der Waals surface area contributed by atoms with Crippen molar-refractivity contribution in [1.82, 2.24) is 19.7 Å². The fourth-order valence-electron chi connectivity index (χ4n) is 2.31. The Hall–Kier alpha value is -3.40. The van der Waals surface area contributed by atoms with Crippen molar-refractivity contribution in [1.29, 1.82) is 5.26 Å². The molecule has 2 aromatic heterocycles. The first-order valence-corrected chi connectivity index (χ1v) is 7.92. The molecule has 0 spiro atoms. The zero-order valence-electron chi connectivity index (χ0n) is 13.7. The third-order valence-electron chi connectivity index (χ3n) is 3.61. The van der Waals surface area contributed by atoms with E-state index in [2.05, 4.69) is 21.4 Å². The molecule has 1 amide bonds. The summed E-state index contributed by atoms with van der Waals surface area (Å²) in [7, 11) is 0. The molecule has 1 atom stereocenters. The number of rotatable bonds is 6. The number of carbonyl (C=O) groups excluding carboxylic acids is 1. The first-order chi connectivity index (χ1) is 12.2. The number of amides is 1. The molecule has 2 heterocycles. The summed E-state index contributed by atoms with van der Waals surface area (Å²) in [6, 6.07) is 11.2. The van der Waals surface area contributed by atoms with Crippen LogP contribution in [0.5, 0.6) is 5.75 Å². The number of carbonyl (C=O) groups is 1. The van der Waals surface area contributed by atoms with Crippen molar-refractivity contribution < 1.29 is 9.53 Å². The molecule has 1 N–H and O–H groups in total. The molecule has 0 fully saturated rings. The van der Waals surface area contributed by atoms with Crippen LogP contribution >= 0.6 is 0 Å². The SMILES string of the molecule is CC[C@H](C#N)Oc1cccc(CNC(=O)c2cn3cccnc3n2)c1. The zero-order chi connectivity index (χ0) is 17.6. The van der Waals surface area contributed by atoms with Crippen molar-refractivity contribution in [3.8, 4) is 11.8 Å². The largest absolute Gasteiger partial charge is 0.476 e. The van der Waals surface area contributed by atoms with Crippen LogP contribution in [0.15, 0.2) is 48.9 Å². The Morgan fingerprint density at radius 1 is 1.44 bits per heavy atom. The fraction of sp³-hybridized carbons (Fsp3) is 0.222. The lowest BCUT2D eigenvalue weighted by atomic mass is 10.2. The summed E-state index contributed by atoms with van der Waals surface area (Å²) in [6.07, 6.45) is 5.18. The highest BCUT2D eigenvalue weighted by Gasteiger charge is 2.11. The number of nitrogens with one attached hydrogen (secondary N) is 1. The van der Waals surface area contributed by atoms with Crippen LogP contribution in [0.1, 0.15) is 29.4 Å². The van der Waals surface area contributed by atoms with E-state index in [1.807, 2.05) is 25.1 Å². The van der Waals surface area contributed by atoms with Crippen LogP contribution in [0.2, 0.25) is 0 Å². The summed E-state index contributed by atoms with van der Waals surface area (Å²) in [5, 5.41) is 11.8. The predicted molar refractivity (Wildman–Crippen MR) is 90.9 cm³/mol. The van der Waals surface area contributed by atoms with E-state index in [0.29, 0.717) is 30.2 Å². The Morgan fingerprint density at radius 2 is 2.32 bits per heavy atom. The van der Waals surface area contributed by atoms with Gasteiger partial charge in [-0.15, -0.1) is 0 Å². The quantitative estimate of drug-likeness (QED) is 0.746. The Kier molecular flexibility index (Phi) is 4.90. The number of nitrogens with zero attached hydrogens (tertiary/aromatic N) is 4. The van der Waals surface area contributed by atoms with E-state index in [1.165, 1.54) is 0 Å². The first-order valence-electron chi connectivity index (χ1n) is 7.92. The van der Waals surface area contributed by atoms with E-state index < -0.39 is 6.10 Å². The summed E-state index contributed by atoms with van der Waals surface area (Å²) >= 11 is 0. The lowest BCUT2D eigenvalue weighted by Gasteiger charge is -2.11. The van der Waals surface area contributed by atoms with Gasteiger partial charge in [-0.1, -0.05) is 19.1 Å². The molecule has 25 heavy (non-hydrogen) atoms. The second-order valence-electron chi connectivity index (χ2n) is 5.43. The maximum absolute atomic E-state index is 12.3. The van der Waals surface area contributed by atoms with Crippen molar-refractivity contribution in [2.75, 3.05) is 0 Å². The molecule has 3 aromatic rings. The van der Waals surface area contributed by atoms with Gasteiger partial charge >= 0.3 is 0 Å². The van der Waals surface area contributed by atoms with Crippen LogP contribution in [-0.4, -0.2) is 26.4 Å². The molecule has 3 rings (SSSR count). The summed E-state index contributed by atoms with van der Waals surface area (Å²) in [5.74, 6) is 0.808. The third kappa shape index (κ3) is 3.93. The van der Waals surface area contributed by atoms with E-state index in [1.54, 1.807) is 35.1 Å². The van der Waals surface area contributed by atoms with Gasteiger partial charge in [0, 0.05) is 25.1 Å². The maximum Gasteiger partial charge on any atom is 0.271 e. The second-order valence-corrected chi connectivity index (χ2v) is 5.43. The molecular weight excluding hydrogens is 318 g/mol. The summed E-state index contributed by atoms with van der Waals surface area (Å²) in [5.41, 5.74) is 1.18.